The zero-order chi connectivity index (χ0) is 13.1. The van der Waals surface area contributed by atoms with Gasteiger partial charge in [-0.1, -0.05) is 12.8 Å². The summed E-state index contributed by atoms with van der Waals surface area (Å²) in [6.07, 6.45) is 4.41. The molecule has 0 atom stereocenters. The van der Waals surface area contributed by atoms with Crippen LogP contribution in [-0.4, -0.2) is 44.9 Å². The molecule has 100 valence electrons. The van der Waals surface area contributed by atoms with E-state index in [1.165, 1.54) is 12.8 Å². The highest BCUT2D eigenvalue weighted by Crippen LogP contribution is 2.24. The van der Waals surface area contributed by atoms with Crippen LogP contribution in [0.4, 0.5) is 0 Å². The minimum Gasteiger partial charge on any atom is -0.395 e. The van der Waals surface area contributed by atoms with Gasteiger partial charge in [-0.05, 0) is 25.8 Å². The van der Waals surface area contributed by atoms with E-state index in [9.17, 15) is 4.79 Å². The molecule has 1 aliphatic rings. The molecule has 0 unspecified atom stereocenters. The molecular formula is C13H21N3O2. The zero-order valence-corrected chi connectivity index (χ0v) is 11.1. The highest BCUT2D eigenvalue weighted by Gasteiger charge is 2.28. The maximum atomic E-state index is 12.4. The van der Waals surface area contributed by atoms with E-state index in [2.05, 4.69) is 5.10 Å². The third kappa shape index (κ3) is 2.56. The van der Waals surface area contributed by atoms with E-state index in [0.29, 0.717) is 12.2 Å². The average Bonchev–Trinajstić information content (AvgIpc) is 2.97. The summed E-state index contributed by atoms with van der Waals surface area (Å²) in [5, 5.41) is 13.4. The summed E-state index contributed by atoms with van der Waals surface area (Å²) in [7, 11) is 1.83. The number of aryl methyl sites for hydroxylation is 2. The van der Waals surface area contributed by atoms with Gasteiger partial charge in [0, 0.05) is 25.3 Å². The molecule has 1 N–H and O–H groups in total. The number of aliphatic hydroxyl groups is 1. The average molecular weight is 251 g/mol. The molecule has 2 rings (SSSR count). The number of nitrogens with zero attached hydrogens (tertiary/aromatic N) is 3. The van der Waals surface area contributed by atoms with Crippen LogP contribution in [0.25, 0.3) is 0 Å². The summed E-state index contributed by atoms with van der Waals surface area (Å²) in [4.78, 5) is 14.2. The number of amides is 1. The Morgan fingerprint density at radius 1 is 1.56 bits per heavy atom. The molecule has 1 aromatic heterocycles. The molecule has 5 heteroatoms. The van der Waals surface area contributed by atoms with Gasteiger partial charge in [0.05, 0.1) is 6.61 Å². The van der Waals surface area contributed by atoms with Crippen LogP contribution in [0.2, 0.25) is 0 Å². The Bertz CT molecular complexity index is 402. The molecule has 1 fully saturated rings. The van der Waals surface area contributed by atoms with E-state index in [0.717, 1.165) is 18.5 Å². The molecule has 1 heterocycles. The number of rotatable bonds is 4. The minimum atomic E-state index is -0.0559. The first kappa shape index (κ1) is 13.1. The van der Waals surface area contributed by atoms with Crippen molar-refractivity contribution in [1.82, 2.24) is 14.7 Å². The Kier molecular flexibility index (Phi) is 4.01. The lowest BCUT2D eigenvalue weighted by Crippen LogP contribution is -2.41. The number of aliphatic hydroxyl groups excluding tert-OH is 1. The van der Waals surface area contributed by atoms with Crippen molar-refractivity contribution in [3.63, 3.8) is 0 Å². The second-order valence-electron chi connectivity index (χ2n) is 4.96. The van der Waals surface area contributed by atoms with Gasteiger partial charge in [-0.25, -0.2) is 0 Å². The van der Waals surface area contributed by atoms with Crippen molar-refractivity contribution in [2.75, 3.05) is 13.2 Å². The quantitative estimate of drug-likeness (QED) is 0.872. The fourth-order valence-electron chi connectivity index (χ4n) is 2.59. The monoisotopic (exact) mass is 251 g/mol. The predicted octanol–water partition coefficient (Wildman–Crippen LogP) is 1.11. The molecule has 1 aromatic rings. The Morgan fingerprint density at radius 3 is 2.72 bits per heavy atom. The standard InChI is InChI=1S/C13H21N3O2/c1-10-9-12(14-15(10)2)13(18)16(7-8-17)11-5-3-4-6-11/h9,11,17H,3-8H2,1-2H3. The van der Waals surface area contributed by atoms with Crippen LogP contribution in [0.5, 0.6) is 0 Å². The van der Waals surface area contributed by atoms with Crippen molar-refractivity contribution >= 4 is 5.91 Å². The van der Waals surface area contributed by atoms with Crippen molar-refractivity contribution in [3.05, 3.63) is 17.5 Å². The maximum absolute atomic E-state index is 12.4. The first-order chi connectivity index (χ1) is 8.63. The summed E-state index contributed by atoms with van der Waals surface area (Å²) in [6.45, 7) is 2.34. The Morgan fingerprint density at radius 2 is 2.22 bits per heavy atom. The molecule has 1 amide bonds. The first-order valence-electron chi connectivity index (χ1n) is 6.56. The minimum absolute atomic E-state index is 0.00799. The fourth-order valence-corrected chi connectivity index (χ4v) is 2.59. The van der Waals surface area contributed by atoms with Gasteiger partial charge in [0.1, 0.15) is 0 Å². The third-order valence-electron chi connectivity index (χ3n) is 3.70. The molecule has 0 spiro atoms. The summed E-state index contributed by atoms with van der Waals surface area (Å²) in [5.74, 6) is -0.0559. The lowest BCUT2D eigenvalue weighted by Gasteiger charge is -2.27. The van der Waals surface area contributed by atoms with Crippen molar-refractivity contribution in [3.8, 4) is 0 Å². The van der Waals surface area contributed by atoms with Crippen molar-refractivity contribution in [2.45, 2.75) is 38.6 Å². The van der Waals surface area contributed by atoms with E-state index in [1.807, 2.05) is 20.0 Å². The highest BCUT2D eigenvalue weighted by atomic mass is 16.3. The van der Waals surface area contributed by atoms with Gasteiger partial charge in [0.25, 0.3) is 5.91 Å². The predicted molar refractivity (Wildman–Crippen MR) is 68.3 cm³/mol. The topological polar surface area (TPSA) is 58.4 Å². The van der Waals surface area contributed by atoms with Crippen LogP contribution in [0.3, 0.4) is 0 Å². The number of hydrogen-bond acceptors (Lipinski definition) is 3. The van der Waals surface area contributed by atoms with E-state index < -0.39 is 0 Å². The van der Waals surface area contributed by atoms with Gasteiger partial charge in [-0.3, -0.25) is 9.48 Å². The molecule has 0 radical (unpaired) electrons. The van der Waals surface area contributed by atoms with Crippen LogP contribution >= 0.6 is 0 Å². The summed E-state index contributed by atoms with van der Waals surface area (Å²) in [5.41, 5.74) is 1.45. The number of aromatic nitrogens is 2. The first-order valence-corrected chi connectivity index (χ1v) is 6.56. The van der Waals surface area contributed by atoms with Gasteiger partial charge < -0.3 is 10.0 Å². The van der Waals surface area contributed by atoms with Gasteiger partial charge in [0.15, 0.2) is 5.69 Å². The van der Waals surface area contributed by atoms with Crippen LogP contribution in [0.1, 0.15) is 41.9 Å². The van der Waals surface area contributed by atoms with Gasteiger partial charge in [-0.2, -0.15) is 5.10 Å². The van der Waals surface area contributed by atoms with Crippen LogP contribution in [-0.2, 0) is 7.05 Å². The fraction of sp³-hybridized carbons (Fsp3) is 0.692. The van der Waals surface area contributed by atoms with Crippen molar-refractivity contribution in [1.29, 1.82) is 0 Å². The Balaban J connectivity index is 2.16. The van der Waals surface area contributed by atoms with Gasteiger partial charge >= 0.3 is 0 Å². The molecule has 0 aromatic carbocycles. The van der Waals surface area contributed by atoms with E-state index >= 15 is 0 Å². The van der Waals surface area contributed by atoms with Gasteiger partial charge in [0.2, 0.25) is 0 Å². The summed E-state index contributed by atoms with van der Waals surface area (Å²) >= 11 is 0. The van der Waals surface area contributed by atoms with Crippen molar-refractivity contribution < 1.29 is 9.90 Å². The summed E-state index contributed by atoms with van der Waals surface area (Å²) in [6, 6.07) is 2.08. The van der Waals surface area contributed by atoms with Crippen LogP contribution in [0, 0.1) is 6.92 Å². The Hall–Kier alpha value is -1.36. The molecule has 18 heavy (non-hydrogen) atoms. The highest BCUT2D eigenvalue weighted by molar-refractivity contribution is 5.92. The molecule has 1 aliphatic carbocycles. The molecule has 5 nitrogen and oxygen atoms in total. The smallest absolute Gasteiger partial charge is 0.274 e. The Labute approximate surface area is 107 Å². The largest absolute Gasteiger partial charge is 0.395 e. The number of carbonyl (C=O) groups excluding carboxylic acids is 1. The van der Waals surface area contributed by atoms with Crippen molar-refractivity contribution in [2.24, 2.45) is 7.05 Å². The molecule has 0 saturated heterocycles. The van der Waals surface area contributed by atoms with E-state index in [-0.39, 0.29) is 18.6 Å². The van der Waals surface area contributed by atoms with E-state index in [1.54, 1.807) is 9.58 Å². The second kappa shape index (κ2) is 5.52. The zero-order valence-electron chi connectivity index (χ0n) is 11.1. The normalized spacial score (nSPS) is 16.2. The number of hydrogen-bond donors (Lipinski definition) is 1. The van der Waals surface area contributed by atoms with Crippen LogP contribution in [0.15, 0.2) is 6.07 Å². The molecule has 0 bridgehead atoms. The van der Waals surface area contributed by atoms with Crippen LogP contribution < -0.4 is 0 Å². The molecule has 0 aliphatic heterocycles. The lowest BCUT2D eigenvalue weighted by molar-refractivity contribution is 0.0631. The maximum Gasteiger partial charge on any atom is 0.274 e. The molecule has 1 saturated carbocycles. The van der Waals surface area contributed by atoms with Gasteiger partial charge in [-0.15, -0.1) is 0 Å². The lowest BCUT2D eigenvalue weighted by atomic mass is 10.2. The molecular weight excluding hydrogens is 230 g/mol. The number of carbonyl (C=O) groups is 1. The third-order valence-corrected chi connectivity index (χ3v) is 3.70. The van der Waals surface area contributed by atoms with E-state index in [4.69, 9.17) is 5.11 Å². The summed E-state index contributed by atoms with van der Waals surface area (Å²) < 4.78 is 1.71. The SMILES string of the molecule is Cc1cc(C(=O)N(CCO)C2CCCC2)nn1C. The second-order valence-corrected chi connectivity index (χ2v) is 4.96.